The van der Waals surface area contributed by atoms with E-state index in [1.165, 1.54) is 42.7 Å². The minimum absolute atomic E-state index is 0.778. The van der Waals surface area contributed by atoms with Crippen LogP contribution in [0.5, 0.6) is 0 Å². The molecule has 0 aromatic carbocycles. The van der Waals surface area contributed by atoms with Crippen molar-refractivity contribution in [2.75, 3.05) is 37.7 Å². The zero-order valence-electron chi connectivity index (χ0n) is 11.0. The maximum absolute atomic E-state index is 2.49. The van der Waals surface area contributed by atoms with Crippen molar-refractivity contribution in [3.8, 4) is 0 Å². The second kappa shape index (κ2) is 7.62. The highest BCUT2D eigenvalue weighted by atomic mass is 32.2. The van der Waals surface area contributed by atoms with E-state index in [9.17, 15) is 0 Å². The lowest BCUT2D eigenvalue weighted by Gasteiger charge is -2.16. The third kappa shape index (κ3) is 4.30. The van der Waals surface area contributed by atoms with Gasteiger partial charge in [-0.3, -0.25) is 4.90 Å². The number of thioether (sulfide) groups is 2. The Morgan fingerprint density at radius 1 is 1.38 bits per heavy atom. The minimum atomic E-state index is 0.778. The van der Waals surface area contributed by atoms with Gasteiger partial charge in [-0.05, 0) is 20.4 Å². The average molecular weight is 261 g/mol. The molecular formula is C12H25N2S2+. The number of hydrogen-bond donors (Lipinski definition) is 0. The van der Waals surface area contributed by atoms with E-state index >= 15 is 0 Å². The molecule has 0 saturated carbocycles. The summed E-state index contributed by atoms with van der Waals surface area (Å²) < 4.78 is 2.41. The molecule has 0 amide bonds. The van der Waals surface area contributed by atoms with Crippen LogP contribution in [0.25, 0.3) is 0 Å². The van der Waals surface area contributed by atoms with Crippen LogP contribution in [0.2, 0.25) is 0 Å². The maximum Gasteiger partial charge on any atom is 0.207 e. The van der Waals surface area contributed by atoms with Crippen LogP contribution in [-0.4, -0.2) is 57.6 Å². The Bertz CT molecular complexity index is 241. The lowest BCUT2D eigenvalue weighted by Crippen LogP contribution is -2.25. The Labute approximate surface area is 109 Å². The Hall–Kier alpha value is 0.330. The minimum Gasteiger partial charge on any atom is -0.291 e. The predicted molar refractivity (Wildman–Crippen MR) is 78.0 cm³/mol. The van der Waals surface area contributed by atoms with Gasteiger partial charge in [-0.2, -0.15) is 0 Å². The van der Waals surface area contributed by atoms with Gasteiger partial charge in [-0.1, -0.05) is 18.7 Å². The van der Waals surface area contributed by atoms with Crippen molar-refractivity contribution in [3.63, 3.8) is 0 Å². The van der Waals surface area contributed by atoms with Gasteiger partial charge in [-0.25, -0.2) is 4.58 Å². The standard InChI is InChI=1S/C6H13NS.C6H12NS/c2*1-3-7-4-5-8-6(7)2/h6H,3-5H2,1-2H3;3-5H2,1-2H3/q;+1. The van der Waals surface area contributed by atoms with Crippen LogP contribution in [0.1, 0.15) is 27.7 Å². The molecule has 94 valence electrons. The van der Waals surface area contributed by atoms with E-state index in [-0.39, 0.29) is 0 Å². The fourth-order valence-corrected chi connectivity index (χ4v) is 4.13. The third-order valence-electron chi connectivity index (χ3n) is 3.16. The monoisotopic (exact) mass is 261 g/mol. The lowest BCUT2D eigenvalue weighted by atomic mass is 10.5. The largest absolute Gasteiger partial charge is 0.291 e. The molecule has 0 aliphatic carbocycles. The molecular weight excluding hydrogens is 236 g/mol. The van der Waals surface area contributed by atoms with Gasteiger partial charge in [0.1, 0.15) is 6.54 Å². The first-order valence-electron chi connectivity index (χ1n) is 6.26. The van der Waals surface area contributed by atoms with E-state index in [0.29, 0.717) is 0 Å². The van der Waals surface area contributed by atoms with E-state index in [1.54, 1.807) is 0 Å². The van der Waals surface area contributed by atoms with E-state index in [1.807, 2.05) is 11.8 Å². The first kappa shape index (κ1) is 14.4. The highest BCUT2D eigenvalue weighted by molar-refractivity contribution is 8.13. The number of hydrogen-bond acceptors (Lipinski definition) is 3. The molecule has 1 atom stereocenters. The molecule has 16 heavy (non-hydrogen) atoms. The molecule has 2 rings (SSSR count). The molecule has 0 bridgehead atoms. The molecule has 2 aliphatic rings. The van der Waals surface area contributed by atoms with Gasteiger partial charge in [-0.15, -0.1) is 11.8 Å². The number of nitrogens with zero attached hydrogens (tertiary/aromatic N) is 2. The molecule has 0 aromatic rings. The summed E-state index contributed by atoms with van der Waals surface area (Å²) in [6, 6.07) is 0. The van der Waals surface area contributed by atoms with Crippen LogP contribution >= 0.6 is 23.5 Å². The predicted octanol–water partition coefficient (Wildman–Crippen LogP) is 2.59. The summed E-state index contributed by atoms with van der Waals surface area (Å²) in [6.07, 6.45) is 0. The van der Waals surface area contributed by atoms with Crippen molar-refractivity contribution in [2.24, 2.45) is 0 Å². The maximum atomic E-state index is 2.49. The van der Waals surface area contributed by atoms with Crippen LogP contribution < -0.4 is 0 Å². The summed E-state index contributed by atoms with van der Waals surface area (Å²) in [5.74, 6) is 2.62. The second-order valence-electron chi connectivity index (χ2n) is 4.05. The molecule has 0 radical (unpaired) electrons. The van der Waals surface area contributed by atoms with Crippen LogP contribution in [-0.2, 0) is 0 Å². The van der Waals surface area contributed by atoms with Gasteiger partial charge in [0.15, 0.2) is 6.54 Å². The van der Waals surface area contributed by atoms with E-state index < -0.39 is 0 Å². The molecule has 1 saturated heterocycles. The molecule has 0 aromatic heterocycles. The van der Waals surface area contributed by atoms with Gasteiger partial charge in [0, 0.05) is 19.2 Å². The molecule has 2 nitrogen and oxygen atoms in total. The summed E-state index contributed by atoms with van der Waals surface area (Å²) >= 11 is 4.03. The molecule has 0 N–H and O–H groups in total. The van der Waals surface area contributed by atoms with E-state index in [4.69, 9.17) is 0 Å². The van der Waals surface area contributed by atoms with E-state index in [2.05, 4.69) is 48.9 Å². The summed E-state index contributed by atoms with van der Waals surface area (Å²) in [5.41, 5.74) is 0. The van der Waals surface area contributed by atoms with Crippen molar-refractivity contribution in [1.29, 1.82) is 0 Å². The van der Waals surface area contributed by atoms with E-state index in [0.717, 1.165) is 5.37 Å². The molecule has 2 aliphatic heterocycles. The summed E-state index contributed by atoms with van der Waals surface area (Å²) in [6.45, 7) is 13.8. The van der Waals surface area contributed by atoms with Crippen molar-refractivity contribution in [2.45, 2.75) is 33.1 Å². The lowest BCUT2D eigenvalue weighted by molar-refractivity contribution is -0.514. The summed E-state index contributed by atoms with van der Waals surface area (Å²) in [5, 5.41) is 2.27. The Morgan fingerprint density at radius 2 is 2.12 bits per heavy atom. The van der Waals surface area contributed by atoms with Crippen LogP contribution in [0.15, 0.2) is 0 Å². The Balaban J connectivity index is 0.000000160. The first-order valence-corrected chi connectivity index (χ1v) is 8.29. The zero-order valence-corrected chi connectivity index (χ0v) is 12.7. The molecule has 1 fully saturated rings. The van der Waals surface area contributed by atoms with Gasteiger partial charge in [0.05, 0.1) is 11.1 Å². The van der Waals surface area contributed by atoms with Crippen molar-refractivity contribution in [1.82, 2.24) is 4.90 Å². The quantitative estimate of drug-likeness (QED) is 0.705. The molecule has 1 unspecified atom stereocenters. The SMILES string of the molecule is CCN1CCSC1C.CC[N+]1=C(C)SCC1. The Kier molecular flexibility index (Phi) is 6.85. The van der Waals surface area contributed by atoms with Crippen LogP contribution in [0, 0.1) is 0 Å². The first-order chi connectivity index (χ1) is 7.69. The normalized spacial score (nSPS) is 25.9. The zero-order chi connectivity index (χ0) is 12.0. The number of rotatable bonds is 2. The van der Waals surface area contributed by atoms with Gasteiger partial charge in [0.25, 0.3) is 0 Å². The van der Waals surface area contributed by atoms with Crippen molar-refractivity contribution >= 4 is 28.6 Å². The van der Waals surface area contributed by atoms with Crippen LogP contribution in [0.4, 0.5) is 0 Å². The topological polar surface area (TPSA) is 6.25 Å². The van der Waals surface area contributed by atoms with Gasteiger partial charge in [0.2, 0.25) is 5.04 Å². The van der Waals surface area contributed by atoms with Crippen molar-refractivity contribution < 1.29 is 4.58 Å². The van der Waals surface area contributed by atoms with Crippen molar-refractivity contribution in [3.05, 3.63) is 0 Å². The highest BCUT2D eigenvalue weighted by Gasteiger charge is 2.17. The summed E-state index contributed by atoms with van der Waals surface area (Å²) in [4.78, 5) is 2.49. The molecule has 4 heteroatoms. The van der Waals surface area contributed by atoms with Gasteiger partial charge >= 0.3 is 0 Å². The summed E-state index contributed by atoms with van der Waals surface area (Å²) in [7, 11) is 0. The second-order valence-corrected chi connectivity index (χ2v) is 6.76. The fourth-order valence-electron chi connectivity index (χ4n) is 1.98. The van der Waals surface area contributed by atoms with Crippen LogP contribution in [0.3, 0.4) is 0 Å². The third-order valence-corrected chi connectivity index (χ3v) is 5.42. The smallest absolute Gasteiger partial charge is 0.207 e. The Morgan fingerprint density at radius 3 is 2.38 bits per heavy atom. The molecule has 0 spiro atoms. The molecule has 2 heterocycles. The average Bonchev–Trinajstić information content (AvgIpc) is 2.87. The highest BCUT2D eigenvalue weighted by Crippen LogP contribution is 2.21. The van der Waals surface area contributed by atoms with Gasteiger partial charge < -0.3 is 0 Å². The fraction of sp³-hybridized carbons (Fsp3) is 0.917.